The van der Waals surface area contributed by atoms with Crippen molar-refractivity contribution < 1.29 is 8.78 Å². The molecule has 2 fully saturated rings. The highest BCUT2D eigenvalue weighted by Gasteiger charge is 2.24. The zero-order valence-electron chi connectivity index (χ0n) is 22.4. The Morgan fingerprint density at radius 1 is 1.00 bits per heavy atom. The summed E-state index contributed by atoms with van der Waals surface area (Å²) >= 11 is 0. The van der Waals surface area contributed by atoms with Crippen LogP contribution in [-0.4, -0.2) is 67.2 Å². The largest absolute Gasteiger partial charge is 0.309 e. The first-order valence-corrected chi connectivity index (χ1v) is 13.8. The summed E-state index contributed by atoms with van der Waals surface area (Å²) in [6, 6.07) is 7.54. The molecule has 8 nitrogen and oxygen atoms in total. The van der Waals surface area contributed by atoms with Gasteiger partial charge in [0.1, 0.15) is 17.0 Å². The van der Waals surface area contributed by atoms with E-state index in [1.165, 1.54) is 6.07 Å². The van der Waals surface area contributed by atoms with Crippen molar-refractivity contribution >= 4 is 22.7 Å². The van der Waals surface area contributed by atoms with Gasteiger partial charge in [-0.2, -0.15) is 5.10 Å². The van der Waals surface area contributed by atoms with Crippen molar-refractivity contribution in [1.82, 2.24) is 34.9 Å². The Morgan fingerprint density at radius 2 is 1.79 bits per heavy atom. The molecule has 2 N–H and O–H groups in total. The number of nitrogens with zero attached hydrogens (tertiary/aromatic N) is 6. The molecule has 6 rings (SSSR count). The molecule has 1 saturated heterocycles. The zero-order valence-corrected chi connectivity index (χ0v) is 22.4. The summed E-state index contributed by atoms with van der Waals surface area (Å²) in [7, 11) is 0. The average Bonchev–Trinajstić information content (AvgIpc) is 3.61. The number of halogens is 2. The molecule has 0 spiro atoms. The third-order valence-corrected chi connectivity index (χ3v) is 8.03. The molecule has 4 heterocycles. The molecule has 204 valence electrons. The van der Waals surface area contributed by atoms with Crippen LogP contribution in [0.25, 0.3) is 22.2 Å². The molecule has 39 heavy (non-hydrogen) atoms. The van der Waals surface area contributed by atoms with Crippen LogP contribution in [0.15, 0.2) is 36.7 Å². The van der Waals surface area contributed by atoms with Gasteiger partial charge in [-0.25, -0.2) is 23.7 Å². The van der Waals surface area contributed by atoms with Gasteiger partial charge < -0.3 is 5.32 Å². The minimum absolute atomic E-state index is 0.0315. The van der Waals surface area contributed by atoms with Crippen LogP contribution in [0.3, 0.4) is 0 Å². The molecule has 10 heteroatoms. The van der Waals surface area contributed by atoms with E-state index < -0.39 is 11.6 Å². The number of fused-ring (bicyclic) bond motifs is 1. The number of hydrogen-bond donors (Lipinski definition) is 2. The molecule has 0 unspecified atom stereocenters. The van der Waals surface area contributed by atoms with Gasteiger partial charge in [0, 0.05) is 67.5 Å². The first-order chi connectivity index (χ1) is 18.9. The number of anilines is 2. The summed E-state index contributed by atoms with van der Waals surface area (Å²) < 4.78 is 29.9. The number of nitrogens with one attached hydrogen (secondary N) is 2. The van der Waals surface area contributed by atoms with Crippen molar-refractivity contribution in [2.24, 2.45) is 0 Å². The lowest BCUT2D eigenvalue weighted by Gasteiger charge is -2.36. The monoisotopic (exact) mass is 532 g/mol. The third-order valence-electron chi connectivity index (χ3n) is 8.03. The van der Waals surface area contributed by atoms with Crippen molar-refractivity contribution in [3.05, 3.63) is 59.6 Å². The second kappa shape index (κ2) is 10.9. The fraction of sp³-hybridized carbons (Fsp3) is 0.448. The lowest BCUT2D eigenvalue weighted by atomic mass is 9.98. The molecule has 1 aliphatic carbocycles. The number of H-pyrrole nitrogens is 1. The first kappa shape index (κ1) is 25.8. The molecular formula is C29H34F2N8. The van der Waals surface area contributed by atoms with Gasteiger partial charge in [0.15, 0.2) is 11.6 Å². The molecule has 0 bridgehead atoms. The van der Waals surface area contributed by atoms with E-state index >= 15 is 0 Å². The molecule has 1 saturated carbocycles. The predicted octanol–water partition coefficient (Wildman–Crippen LogP) is 5.62. The second-order valence-electron chi connectivity index (χ2n) is 10.9. The number of pyridine rings is 1. The minimum atomic E-state index is -0.619. The molecule has 0 radical (unpaired) electrons. The maximum absolute atomic E-state index is 15.0. The van der Waals surface area contributed by atoms with Gasteiger partial charge in [0.25, 0.3) is 0 Å². The van der Waals surface area contributed by atoms with Crippen LogP contribution in [-0.2, 0) is 6.54 Å². The van der Waals surface area contributed by atoms with E-state index in [4.69, 9.17) is 0 Å². The molecule has 0 atom stereocenters. The van der Waals surface area contributed by atoms with Crippen molar-refractivity contribution in [1.29, 1.82) is 0 Å². The standard InChI is InChI=1S/C29H34F2N8/c1-18(2)39-11-9-38(10-12-39)17-19-7-8-25(32-15-19)34-29-33-16-24(31)27(35-29)21-13-22-26(20-5-3-4-6-20)36-37-28(22)23(30)14-21/h7-8,13-16,18,20H,3-6,9-12,17H2,1-2H3,(H,36,37)(H,32,33,34,35). The topological polar surface area (TPSA) is 85.9 Å². The fourth-order valence-corrected chi connectivity index (χ4v) is 5.79. The zero-order chi connectivity index (χ0) is 26.9. The lowest BCUT2D eigenvalue weighted by molar-refractivity contribution is 0.104. The first-order valence-electron chi connectivity index (χ1n) is 13.8. The molecular weight excluding hydrogens is 498 g/mol. The number of aromatic amines is 1. The molecule has 1 aromatic carbocycles. The average molecular weight is 533 g/mol. The predicted molar refractivity (Wildman–Crippen MR) is 148 cm³/mol. The highest BCUT2D eigenvalue weighted by Crippen LogP contribution is 2.38. The van der Waals surface area contributed by atoms with Crippen LogP contribution < -0.4 is 5.32 Å². The second-order valence-corrected chi connectivity index (χ2v) is 10.9. The van der Waals surface area contributed by atoms with E-state index in [2.05, 4.69) is 54.1 Å². The Bertz CT molecular complexity index is 1440. The summed E-state index contributed by atoms with van der Waals surface area (Å²) in [4.78, 5) is 17.9. The Hall–Kier alpha value is -3.50. The Kier molecular flexibility index (Phi) is 7.22. The van der Waals surface area contributed by atoms with Crippen LogP contribution >= 0.6 is 0 Å². The summed E-state index contributed by atoms with van der Waals surface area (Å²) in [5.74, 6) is -0.0543. The number of aromatic nitrogens is 5. The van der Waals surface area contributed by atoms with Crippen molar-refractivity contribution in [2.45, 2.75) is 58.0 Å². The van der Waals surface area contributed by atoms with Crippen LogP contribution in [0.5, 0.6) is 0 Å². The van der Waals surface area contributed by atoms with Crippen LogP contribution in [0.4, 0.5) is 20.5 Å². The van der Waals surface area contributed by atoms with Gasteiger partial charge in [0.2, 0.25) is 5.95 Å². The number of hydrogen-bond acceptors (Lipinski definition) is 7. The number of benzene rings is 1. The Labute approximate surface area is 226 Å². The number of piperazine rings is 1. The Morgan fingerprint density at radius 3 is 2.51 bits per heavy atom. The van der Waals surface area contributed by atoms with Crippen molar-refractivity contribution in [3.63, 3.8) is 0 Å². The normalized spacial score (nSPS) is 17.5. The van der Waals surface area contributed by atoms with Gasteiger partial charge in [-0.3, -0.25) is 14.9 Å². The van der Waals surface area contributed by atoms with E-state index in [0.717, 1.165) is 75.9 Å². The van der Waals surface area contributed by atoms with E-state index in [1.807, 2.05) is 18.3 Å². The van der Waals surface area contributed by atoms with Gasteiger partial charge in [-0.05, 0) is 50.5 Å². The minimum Gasteiger partial charge on any atom is -0.309 e. The van der Waals surface area contributed by atoms with Gasteiger partial charge in [-0.1, -0.05) is 18.9 Å². The van der Waals surface area contributed by atoms with Crippen LogP contribution in [0.2, 0.25) is 0 Å². The molecule has 3 aromatic heterocycles. The van der Waals surface area contributed by atoms with E-state index in [0.29, 0.717) is 28.7 Å². The molecule has 1 aliphatic heterocycles. The van der Waals surface area contributed by atoms with Gasteiger partial charge in [-0.15, -0.1) is 0 Å². The maximum Gasteiger partial charge on any atom is 0.229 e. The fourth-order valence-electron chi connectivity index (χ4n) is 5.79. The maximum atomic E-state index is 15.0. The molecule has 0 amide bonds. The summed E-state index contributed by atoms with van der Waals surface area (Å²) in [5, 5.41) is 11.0. The highest BCUT2D eigenvalue weighted by atomic mass is 19.1. The van der Waals surface area contributed by atoms with Crippen molar-refractivity contribution in [3.8, 4) is 11.3 Å². The van der Waals surface area contributed by atoms with E-state index in [-0.39, 0.29) is 17.2 Å². The van der Waals surface area contributed by atoms with Gasteiger partial charge in [0.05, 0.1) is 6.20 Å². The number of rotatable bonds is 7. The Balaban J connectivity index is 1.18. The molecule has 4 aromatic rings. The van der Waals surface area contributed by atoms with Crippen molar-refractivity contribution in [2.75, 3.05) is 31.5 Å². The van der Waals surface area contributed by atoms with Crippen LogP contribution in [0, 0.1) is 11.6 Å². The SMILES string of the molecule is CC(C)N1CCN(Cc2ccc(Nc3ncc(F)c(-c4cc(F)c5n[nH]c(C6CCCC6)c5c4)n3)nc2)CC1. The third kappa shape index (κ3) is 5.49. The van der Waals surface area contributed by atoms with Gasteiger partial charge >= 0.3 is 0 Å². The van der Waals surface area contributed by atoms with Crippen LogP contribution in [0.1, 0.15) is 56.7 Å². The van der Waals surface area contributed by atoms with E-state index in [9.17, 15) is 8.78 Å². The van der Waals surface area contributed by atoms with E-state index in [1.54, 1.807) is 6.07 Å². The quantitative estimate of drug-likeness (QED) is 0.320. The highest BCUT2D eigenvalue weighted by molar-refractivity contribution is 5.87. The summed E-state index contributed by atoms with van der Waals surface area (Å²) in [5.41, 5.74) is 2.71. The summed E-state index contributed by atoms with van der Waals surface area (Å²) in [6.07, 6.45) is 7.32. The smallest absolute Gasteiger partial charge is 0.229 e. The lowest BCUT2D eigenvalue weighted by Crippen LogP contribution is -2.48. The molecule has 2 aliphatic rings. The summed E-state index contributed by atoms with van der Waals surface area (Å²) in [6.45, 7) is 9.56.